The van der Waals surface area contributed by atoms with E-state index in [0.29, 0.717) is 11.9 Å². The maximum atomic E-state index is 10.3. The number of aromatic nitrogens is 4. The molecule has 1 aromatic carbocycles. The SMILES string of the molecule is Cc1ccc2nc(C)c(/C=C/c3nc(NC4CCC(C)(O)CC4)cc(N4CCCC4)n3)nc2c1. The topological polar surface area (TPSA) is 87.1 Å². The summed E-state index contributed by atoms with van der Waals surface area (Å²) in [4.78, 5) is 21.5. The van der Waals surface area contributed by atoms with Crippen LogP contribution in [0.3, 0.4) is 0 Å². The van der Waals surface area contributed by atoms with Crippen LogP contribution in [0.15, 0.2) is 24.3 Å². The molecule has 2 N–H and O–H groups in total. The molecule has 1 aliphatic carbocycles. The molecule has 1 saturated heterocycles. The quantitative estimate of drug-likeness (QED) is 0.561. The van der Waals surface area contributed by atoms with Gasteiger partial charge < -0.3 is 15.3 Å². The lowest BCUT2D eigenvalue weighted by molar-refractivity contribution is 0.0196. The van der Waals surface area contributed by atoms with E-state index < -0.39 is 5.60 Å². The standard InChI is InChI=1S/C27H34N6O/c1-18-6-7-22-23(16-18)30-21(19(2)28-22)8-9-24-31-25(17-26(32-24)33-14-4-5-15-33)29-20-10-12-27(3,34)13-11-20/h6-9,16-17,20,34H,4-5,10-15H2,1-3H3,(H,29,31,32)/b9-8+. The van der Waals surface area contributed by atoms with Crippen molar-refractivity contribution in [3.8, 4) is 0 Å². The molecule has 1 saturated carbocycles. The number of benzene rings is 1. The van der Waals surface area contributed by atoms with E-state index in [2.05, 4.69) is 35.3 Å². The zero-order valence-electron chi connectivity index (χ0n) is 20.4. The molecule has 0 radical (unpaired) electrons. The summed E-state index contributed by atoms with van der Waals surface area (Å²) in [5.74, 6) is 2.48. The lowest BCUT2D eigenvalue weighted by atomic mass is 9.84. The Morgan fingerprint density at radius 1 is 0.971 bits per heavy atom. The molecule has 3 heterocycles. The van der Waals surface area contributed by atoms with Crippen molar-refractivity contribution < 1.29 is 5.11 Å². The lowest BCUT2D eigenvalue weighted by Gasteiger charge is -2.33. The van der Waals surface area contributed by atoms with Crippen molar-refractivity contribution in [3.63, 3.8) is 0 Å². The van der Waals surface area contributed by atoms with Crippen LogP contribution >= 0.6 is 0 Å². The summed E-state index contributed by atoms with van der Waals surface area (Å²) in [5, 5.41) is 13.9. The Morgan fingerprint density at radius 2 is 1.74 bits per heavy atom. The minimum atomic E-state index is -0.546. The fourth-order valence-electron chi connectivity index (χ4n) is 4.88. The van der Waals surface area contributed by atoms with Crippen molar-refractivity contribution in [1.82, 2.24) is 19.9 Å². The van der Waals surface area contributed by atoms with Crippen LogP contribution in [0.2, 0.25) is 0 Å². The van der Waals surface area contributed by atoms with Gasteiger partial charge in [-0.1, -0.05) is 6.07 Å². The molecular weight excluding hydrogens is 424 g/mol. The highest BCUT2D eigenvalue weighted by molar-refractivity contribution is 5.78. The summed E-state index contributed by atoms with van der Waals surface area (Å²) < 4.78 is 0. The highest BCUT2D eigenvalue weighted by Crippen LogP contribution is 2.30. The van der Waals surface area contributed by atoms with Crippen LogP contribution in [-0.4, -0.2) is 49.8 Å². The van der Waals surface area contributed by atoms with Crippen molar-refractivity contribution in [2.45, 2.75) is 70.9 Å². The highest BCUT2D eigenvalue weighted by atomic mass is 16.3. The van der Waals surface area contributed by atoms with Crippen LogP contribution in [0.1, 0.15) is 68.2 Å². The van der Waals surface area contributed by atoms with Crippen molar-refractivity contribution in [3.05, 3.63) is 47.0 Å². The third kappa shape index (κ3) is 5.20. The molecule has 1 aliphatic heterocycles. The van der Waals surface area contributed by atoms with Gasteiger partial charge in [0.1, 0.15) is 11.6 Å². The first-order valence-electron chi connectivity index (χ1n) is 12.4. The maximum Gasteiger partial charge on any atom is 0.156 e. The van der Waals surface area contributed by atoms with E-state index in [-0.39, 0.29) is 0 Å². The van der Waals surface area contributed by atoms with Crippen molar-refractivity contribution >= 4 is 34.8 Å². The summed E-state index contributed by atoms with van der Waals surface area (Å²) >= 11 is 0. The third-order valence-electron chi connectivity index (χ3n) is 7.00. The predicted octanol–water partition coefficient (Wildman–Crippen LogP) is 4.91. The Bertz CT molecular complexity index is 1210. The van der Waals surface area contributed by atoms with E-state index in [1.165, 1.54) is 18.4 Å². The van der Waals surface area contributed by atoms with Crippen LogP contribution < -0.4 is 10.2 Å². The predicted molar refractivity (Wildman–Crippen MR) is 138 cm³/mol. The second-order valence-electron chi connectivity index (χ2n) is 10.1. The van der Waals surface area contributed by atoms with E-state index >= 15 is 0 Å². The third-order valence-corrected chi connectivity index (χ3v) is 7.00. The van der Waals surface area contributed by atoms with Crippen LogP contribution in [0.5, 0.6) is 0 Å². The Kier molecular flexibility index (Phi) is 6.21. The lowest BCUT2D eigenvalue weighted by Crippen LogP contribution is -2.36. The highest BCUT2D eigenvalue weighted by Gasteiger charge is 2.29. The average Bonchev–Trinajstić information content (AvgIpc) is 3.34. The smallest absolute Gasteiger partial charge is 0.156 e. The average molecular weight is 459 g/mol. The van der Waals surface area contributed by atoms with Crippen LogP contribution in [0, 0.1) is 13.8 Å². The molecule has 0 atom stereocenters. The first-order chi connectivity index (χ1) is 16.3. The minimum absolute atomic E-state index is 0.315. The molecule has 7 nitrogen and oxygen atoms in total. The fourth-order valence-corrected chi connectivity index (χ4v) is 4.88. The van der Waals surface area contributed by atoms with E-state index in [1.54, 1.807) is 0 Å². The van der Waals surface area contributed by atoms with Gasteiger partial charge in [-0.15, -0.1) is 0 Å². The molecule has 2 aromatic heterocycles. The molecule has 178 valence electrons. The van der Waals surface area contributed by atoms with Gasteiger partial charge in [0.05, 0.1) is 28.0 Å². The van der Waals surface area contributed by atoms with Crippen LogP contribution in [0.4, 0.5) is 11.6 Å². The maximum absolute atomic E-state index is 10.3. The molecular formula is C27H34N6O. The normalized spacial score (nSPS) is 23.2. The first-order valence-corrected chi connectivity index (χ1v) is 12.4. The minimum Gasteiger partial charge on any atom is -0.390 e. The number of hydrogen-bond donors (Lipinski definition) is 2. The van der Waals surface area contributed by atoms with Gasteiger partial charge in [-0.05, 0) is 89.1 Å². The van der Waals surface area contributed by atoms with E-state index in [4.69, 9.17) is 19.9 Å². The Morgan fingerprint density at radius 3 is 2.50 bits per heavy atom. The second-order valence-corrected chi connectivity index (χ2v) is 10.1. The Labute approximate surface area is 201 Å². The Balaban J connectivity index is 1.42. The number of nitrogens with zero attached hydrogens (tertiary/aromatic N) is 5. The summed E-state index contributed by atoms with van der Waals surface area (Å²) in [6, 6.07) is 8.52. The molecule has 5 rings (SSSR count). The number of anilines is 2. The zero-order valence-corrected chi connectivity index (χ0v) is 20.4. The molecule has 2 fully saturated rings. The molecule has 0 unspecified atom stereocenters. The van der Waals surface area contributed by atoms with Gasteiger partial charge in [-0.2, -0.15) is 0 Å². The largest absolute Gasteiger partial charge is 0.390 e. The number of aryl methyl sites for hydroxylation is 2. The van der Waals surface area contributed by atoms with Crippen molar-refractivity contribution in [2.75, 3.05) is 23.3 Å². The summed E-state index contributed by atoms with van der Waals surface area (Å²) in [7, 11) is 0. The van der Waals surface area contributed by atoms with E-state index in [1.807, 2.05) is 32.1 Å². The van der Waals surface area contributed by atoms with E-state index in [0.717, 1.165) is 72.8 Å². The van der Waals surface area contributed by atoms with Crippen molar-refractivity contribution in [1.29, 1.82) is 0 Å². The summed E-state index contributed by atoms with van der Waals surface area (Å²) in [6.07, 6.45) is 9.78. The molecule has 0 bridgehead atoms. The van der Waals surface area contributed by atoms with Gasteiger partial charge in [-0.25, -0.2) is 19.9 Å². The van der Waals surface area contributed by atoms with Gasteiger partial charge in [0.25, 0.3) is 0 Å². The number of fused-ring (bicyclic) bond motifs is 1. The molecule has 2 aliphatic rings. The van der Waals surface area contributed by atoms with Crippen LogP contribution in [-0.2, 0) is 0 Å². The zero-order chi connectivity index (χ0) is 23.7. The van der Waals surface area contributed by atoms with Crippen LogP contribution in [0.25, 0.3) is 23.2 Å². The van der Waals surface area contributed by atoms with Gasteiger partial charge >= 0.3 is 0 Å². The number of hydrogen-bond acceptors (Lipinski definition) is 7. The molecule has 0 spiro atoms. The molecule has 7 heteroatoms. The van der Waals surface area contributed by atoms with Gasteiger partial charge in [0.15, 0.2) is 5.82 Å². The van der Waals surface area contributed by atoms with E-state index in [9.17, 15) is 5.11 Å². The first kappa shape index (κ1) is 22.7. The van der Waals surface area contributed by atoms with Gasteiger partial charge in [0.2, 0.25) is 0 Å². The Hall–Kier alpha value is -3.06. The van der Waals surface area contributed by atoms with Crippen molar-refractivity contribution in [2.24, 2.45) is 0 Å². The van der Waals surface area contributed by atoms with Gasteiger partial charge in [0, 0.05) is 25.2 Å². The molecule has 0 amide bonds. The number of aliphatic hydroxyl groups is 1. The molecule has 3 aromatic rings. The summed E-state index contributed by atoms with van der Waals surface area (Å²) in [6.45, 7) is 8.04. The fraction of sp³-hybridized carbons (Fsp3) is 0.481. The molecule has 34 heavy (non-hydrogen) atoms. The monoisotopic (exact) mass is 458 g/mol. The van der Waals surface area contributed by atoms with Gasteiger partial charge in [-0.3, -0.25) is 0 Å². The summed E-state index contributed by atoms with van der Waals surface area (Å²) in [5.41, 5.74) is 4.14. The second kappa shape index (κ2) is 9.29. The number of nitrogens with one attached hydrogen (secondary N) is 1. The number of rotatable bonds is 5.